The molecule has 36 heavy (non-hydrogen) atoms. The van der Waals surface area contributed by atoms with E-state index in [4.69, 9.17) is 0 Å². The van der Waals surface area contributed by atoms with Gasteiger partial charge in [-0.15, -0.1) is 0 Å². The Kier molecular flexibility index (Phi) is 6.14. The van der Waals surface area contributed by atoms with E-state index in [0.717, 1.165) is 48.5 Å². The number of aromatic nitrogens is 2. The first-order valence-corrected chi connectivity index (χ1v) is 10.3. The third-order valence-electron chi connectivity index (χ3n) is 5.46. The number of nitrogens with zero attached hydrogens (tertiary/aromatic N) is 2. The summed E-state index contributed by atoms with van der Waals surface area (Å²) in [6, 6.07) is 12.1. The fourth-order valence-corrected chi connectivity index (χ4v) is 3.74. The van der Waals surface area contributed by atoms with Gasteiger partial charge >= 0.3 is 18.5 Å². The first-order chi connectivity index (χ1) is 16.7. The number of benzene rings is 3. The second-order valence-electron chi connectivity index (χ2n) is 7.90. The van der Waals surface area contributed by atoms with Crippen LogP contribution in [0, 0.1) is 6.92 Å². The van der Waals surface area contributed by atoms with Gasteiger partial charge in [0.15, 0.2) is 0 Å². The number of halogens is 9. The van der Waals surface area contributed by atoms with Crippen molar-refractivity contribution in [1.82, 2.24) is 9.55 Å². The maximum Gasteiger partial charge on any atom is 0.416 e. The van der Waals surface area contributed by atoms with Crippen molar-refractivity contribution >= 4 is 0 Å². The molecule has 0 unspecified atom stereocenters. The molecule has 0 atom stereocenters. The Morgan fingerprint density at radius 3 is 1.28 bits per heavy atom. The lowest BCUT2D eigenvalue weighted by Gasteiger charge is -2.15. The topological polar surface area (TPSA) is 17.8 Å². The van der Waals surface area contributed by atoms with E-state index in [1.54, 1.807) is 6.92 Å². The van der Waals surface area contributed by atoms with Crippen LogP contribution in [-0.4, -0.2) is 9.55 Å². The largest absolute Gasteiger partial charge is 0.416 e. The second-order valence-corrected chi connectivity index (χ2v) is 7.90. The summed E-state index contributed by atoms with van der Waals surface area (Å²) >= 11 is 0. The Labute approximate surface area is 198 Å². The van der Waals surface area contributed by atoms with E-state index in [2.05, 4.69) is 4.98 Å². The summed E-state index contributed by atoms with van der Waals surface area (Å²) in [6.07, 6.45) is -13.8. The molecule has 0 aliphatic carbocycles. The van der Waals surface area contributed by atoms with Crippen LogP contribution in [0.3, 0.4) is 0 Å². The molecule has 1 aromatic heterocycles. The molecular formula is C25H15F9N2. The third-order valence-corrected chi connectivity index (χ3v) is 5.46. The van der Waals surface area contributed by atoms with E-state index in [0.29, 0.717) is 5.69 Å². The summed E-state index contributed by atoms with van der Waals surface area (Å²) in [4.78, 5) is 4.41. The molecule has 2 nitrogen and oxygen atoms in total. The van der Waals surface area contributed by atoms with Crippen molar-refractivity contribution in [3.63, 3.8) is 0 Å². The maximum absolute atomic E-state index is 13.1. The van der Waals surface area contributed by atoms with Crippen LogP contribution in [0.1, 0.15) is 22.4 Å². The average Bonchev–Trinajstić information content (AvgIpc) is 3.14. The molecular weight excluding hydrogens is 499 g/mol. The van der Waals surface area contributed by atoms with Crippen LogP contribution < -0.4 is 0 Å². The first kappa shape index (κ1) is 25.3. The molecule has 1 heterocycles. The minimum atomic E-state index is -4.60. The van der Waals surface area contributed by atoms with Crippen molar-refractivity contribution in [1.29, 1.82) is 0 Å². The van der Waals surface area contributed by atoms with E-state index < -0.39 is 35.2 Å². The van der Waals surface area contributed by atoms with Gasteiger partial charge in [0.1, 0.15) is 5.82 Å². The summed E-state index contributed by atoms with van der Waals surface area (Å²) < 4.78 is 119. The minimum Gasteiger partial charge on any atom is -0.292 e. The van der Waals surface area contributed by atoms with Crippen LogP contribution in [0.4, 0.5) is 39.5 Å². The van der Waals surface area contributed by atoms with Crippen molar-refractivity contribution in [2.45, 2.75) is 25.5 Å². The van der Waals surface area contributed by atoms with Gasteiger partial charge in [-0.1, -0.05) is 24.3 Å². The number of rotatable bonds is 3. The first-order valence-electron chi connectivity index (χ1n) is 10.3. The highest BCUT2D eigenvalue weighted by atomic mass is 19.4. The Morgan fingerprint density at radius 1 is 0.528 bits per heavy atom. The molecule has 3 aromatic carbocycles. The number of hydrogen-bond acceptors (Lipinski definition) is 1. The van der Waals surface area contributed by atoms with E-state index in [1.165, 1.54) is 28.8 Å². The Morgan fingerprint density at radius 2 is 0.889 bits per heavy atom. The zero-order valence-electron chi connectivity index (χ0n) is 18.2. The molecule has 0 amide bonds. The van der Waals surface area contributed by atoms with Crippen LogP contribution >= 0.6 is 0 Å². The van der Waals surface area contributed by atoms with Crippen molar-refractivity contribution in [3.8, 4) is 28.3 Å². The highest BCUT2D eigenvalue weighted by molar-refractivity contribution is 5.72. The molecule has 188 valence electrons. The number of hydrogen-bond donors (Lipinski definition) is 0. The summed E-state index contributed by atoms with van der Waals surface area (Å²) in [5.74, 6) is 0.107. The molecule has 0 aliphatic rings. The standard InChI is InChI=1S/C25H15F9N2/c1-14-21(15-2-6-17(7-3-15)23(26,27)28)36(20-12-10-19(11-13-20)25(32,33)34)22(35-14)16-4-8-18(9-5-16)24(29,30)31/h2-13H,1H3. The maximum atomic E-state index is 13.1. The van der Waals surface area contributed by atoms with Gasteiger partial charge in [-0.25, -0.2) is 4.98 Å². The van der Waals surface area contributed by atoms with Gasteiger partial charge in [-0.2, -0.15) is 39.5 Å². The lowest BCUT2D eigenvalue weighted by molar-refractivity contribution is -0.138. The van der Waals surface area contributed by atoms with Crippen LogP contribution in [0.15, 0.2) is 72.8 Å². The highest BCUT2D eigenvalue weighted by Gasteiger charge is 2.32. The van der Waals surface area contributed by atoms with E-state index >= 15 is 0 Å². The molecule has 0 spiro atoms. The van der Waals surface area contributed by atoms with Crippen LogP contribution in [0.2, 0.25) is 0 Å². The summed E-state index contributed by atoms with van der Waals surface area (Å²) in [5.41, 5.74) is -1.44. The lowest BCUT2D eigenvalue weighted by Crippen LogP contribution is -2.07. The number of alkyl halides is 9. The number of imidazole rings is 1. The smallest absolute Gasteiger partial charge is 0.292 e. The van der Waals surface area contributed by atoms with Crippen LogP contribution in [0.5, 0.6) is 0 Å². The van der Waals surface area contributed by atoms with E-state index in [-0.39, 0.29) is 28.3 Å². The summed E-state index contributed by atoms with van der Waals surface area (Å²) in [5, 5.41) is 0. The zero-order valence-corrected chi connectivity index (χ0v) is 18.2. The van der Waals surface area contributed by atoms with Crippen molar-refractivity contribution in [2.75, 3.05) is 0 Å². The Bertz CT molecular complexity index is 1360. The minimum absolute atomic E-state index is 0.107. The van der Waals surface area contributed by atoms with Crippen molar-refractivity contribution in [3.05, 3.63) is 95.2 Å². The molecule has 0 radical (unpaired) electrons. The predicted octanol–water partition coefficient (Wildman–Crippen LogP) is 8.57. The normalized spacial score (nSPS) is 12.7. The molecule has 4 rings (SSSR count). The van der Waals surface area contributed by atoms with Crippen molar-refractivity contribution < 1.29 is 39.5 Å². The van der Waals surface area contributed by atoms with Gasteiger partial charge in [0.05, 0.1) is 28.1 Å². The summed E-state index contributed by atoms with van der Waals surface area (Å²) in [7, 11) is 0. The van der Waals surface area contributed by atoms with Gasteiger partial charge < -0.3 is 0 Å². The molecule has 0 aliphatic heterocycles. The zero-order chi connectivity index (χ0) is 26.5. The molecule has 0 bridgehead atoms. The molecule has 4 aromatic rings. The monoisotopic (exact) mass is 514 g/mol. The second kappa shape index (κ2) is 8.72. The molecule has 0 fully saturated rings. The third kappa shape index (κ3) is 4.95. The van der Waals surface area contributed by atoms with Crippen LogP contribution in [0.25, 0.3) is 28.3 Å². The Balaban J connectivity index is 1.91. The fraction of sp³-hybridized carbons (Fsp3) is 0.160. The summed E-state index contributed by atoms with van der Waals surface area (Å²) in [6.45, 7) is 1.54. The van der Waals surface area contributed by atoms with Gasteiger partial charge in [0.2, 0.25) is 0 Å². The molecule has 0 saturated carbocycles. The molecule has 11 heteroatoms. The average molecular weight is 514 g/mol. The fourth-order valence-electron chi connectivity index (χ4n) is 3.74. The van der Waals surface area contributed by atoms with Crippen molar-refractivity contribution in [2.24, 2.45) is 0 Å². The van der Waals surface area contributed by atoms with E-state index in [1.807, 2.05) is 0 Å². The number of aryl methyl sites for hydroxylation is 1. The van der Waals surface area contributed by atoms with Gasteiger partial charge in [0.25, 0.3) is 0 Å². The van der Waals surface area contributed by atoms with Gasteiger partial charge in [-0.3, -0.25) is 4.57 Å². The van der Waals surface area contributed by atoms with E-state index in [9.17, 15) is 39.5 Å². The molecule has 0 N–H and O–H groups in total. The lowest BCUT2D eigenvalue weighted by atomic mass is 10.1. The Hall–Kier alpha value is -3.76. The molecule has 0 saturated heterocycles. The van der Waals surface area contributed by atoms with Gasteiger partial charge in [-0.05, 0) is 55.5 Å². The highest BCUT2D eigenvalue weighted by Crippen LogP contribution is 2.38. The van der Waals surface area contributed by atoms with Crippen LogP contribution in [-0.2, 0) is 18.5 Å². The quantitative estimate of drug-likeness (QED) is 0.251. The SMILES string of the molecule is Cc1nc(-c2ccc(C(F)(F)F)cc2)n(-c2ccc(C(F)(F)F)cc2)c1-c1ccc(C(F)(F)F)cc1. The van der Waals surface area contributed by atoms with Gasteiger partial charge in [0, 0.05) is 16.8 Å². The predicted molar refractivity (Wildman–Crippen MR) is 114 cm³/mol.